The van der Waals surface area contributed by atoms with Crippen LogP contribution in [0.15, 0.2) is 18.2 Å². The first-order valence-corrected chi connectivity index (χ1v) is 4.31. The zero-order valence-corrected chi connectivity index (χ0v) is 7.55. The number of benzene rings is 1. The quantitative estimate of drug-likeness (QED) is 0.664. The van der Waals surface area contributed by atoms with Gasteiger partial charge in [-0.05, 0) is 30.0 Å². The molecule has 0 aliphatic heterocycles. The van der Waals surface area contributed by atoms with E-state index in [9.17, 15) is 4.79 Å². The molecule has 0 saturated carbocycles. The van der Waals surface area contributed by atoms with E-state index in [1.807, 2.05) is 24.5 Å². The average molecular weight is 161 g/mol. The van der Waals surface area contributed by atoms with Gasteiger partial charge in [0.25, 0.3) is 0 Å². The summed E-state index contributed by atoms with van der Waals surface area (Å²) in [6.07, 6.45) is 3.92. The van der Waals surface area contributed by atoms with Gasteiger partial charge in [-0.2, -0.15) is 0 Å². The van der Waals surface area contributed by atoms with Gasteiger partial charge in [0.1, 0.15) is 0 Å². The van der Waals surface area contributed by atoms with Crippen LogP contribution in [0.4, 0.5) is 0 Å². The molecular weight excluding hydrogens is 148 g/mol. The summed E-state index contributed by atoms with van der Waals surface area (Å²) in [5.41, 5.74) is 3.25. The molecule has 0 N–H and O–H groups in total. The van der Waals surface area contributed by atoms with Crippen LogP contribution >= 0.6 is 0 Å². The highest BCUT2D eigenvalue weighted by Crippen LogP contribution is 2.12. The first-order chi connectivity index (χ1) is 5.81. The van der Waals surface area contributed by atoms with Gasteiger partial charge in [0, 0.05) is 5.56 Å². The zero-order valence-electron chi connectivity index (χ0n) is 7.55. The highest BCUT2D eigenvalue weighted by molar-refractivity contribution is 5.75. The highest BCUT2D eigenvalue weighted by atomic mass is 16.1. The van der Waals surface area contributed by atoms with E-state index in [1.165, 1.54) is 11.1 Å². The summed E-state index contributed by atoms with van der Waals surface area (Å²) in [4.78, 5) is 10.3. The molecule has 0 fully saturated rings. The molecule has 0 bridgehead atoms. The Kier molecular flexibility index (Phi) is 3.03. The smallest absolute Gasteiger partial charge is 0.233 e. The topological polar surface area (TPSA) is 17.1 Å². The summed E-state index contributed by atoms with van der Waals surface area (Å²) in [5, 5.41) is 0. The summed E-state index contributed by atoms with van der Waals surface area (Å²) in [6.45, 7) is 4.22. The standard InChI is InChI=1S/C11H13O/c1-3-10-6-5-9(8-12)7-11(10)4-2/h5-7H,3-4H2,1-2H3. The van der Waals surface area contributed by atoms with E-state index in [0.717, 1.165) is 12.8 Å². The van der Waals surface area contributed by atoms with Crippen molar-refractivity contribution in [3.63, 3.8) is 0 Å². The number of carbonyl (C=O) groups excluding carboxylic acids is 1. The fraction of sp³-hybridized carbons (Fsp3) is 0.364. The second kappa shape index (κ2) is 4.05. The van der Waals surface area contributed by atoms with E-state index < -0.39 is 0 Å². The summed E-state index contributed by atoms with van der Waals surface area (Å²) in [7, 11) is 0. The minimum Gasteiger partial charge on any atom is -0.285 e. The van der Waals surface area contributed by atoms with Crippen LogP contribution in [-0.4, -0.2) is 6.29 Å². The van der Waals surface area contributed by atoms with Crippen LogP contribution in [0.25, 0.3) is 0 Å². The lowest BCUT2D eigenvalue weighted by Gasteiger charge is -2.04. The molecule has 63 valence electrons. The third-order valence-electron chi connectivity index (χ3n) is 2.09. The Morgan fingerprint density at radius 1 is 1.17 bits per heavy atom. The minimum absolute atomic E-state index is 0.657. The van der Waals surface area contributed by atoms with E-state index in [2.05, 4.69) is 13.8 Å². The van der Waals surface area contributed by atoms with Crippen LogP contribution in [0.1, 0.15) is 30.5 Å². The SMILES string of the molecule is CCc1ccc([C]=O)cc1CC. The summed E-state index contributed by atoms with van der Waals surface area (Å²) in [6, 6.07) is 5.76. The highest BCUT2D eigenvalue weighted by Gasteiger charge is 1.99. The Morgan fingerprint density at radius 3 is 2.33 bits per heavy atom. The Labute approximate surface area is 73.4 Å². The van der Waals surface area contributed by atoms with Gasteiger partial charge in [-0.15, -0.1) is 0 Å². The lowest BCUT2D eigenvalue weighted by Crippen LogP contribution is -1.92. The molecule has 0 heterocycles. The number of hydrogen-bond acceptors (Lipinski definition) is 1. The number of aryl methyl sites for hydroxylation is 2. The van der Waals surface area contributed by atoms with Gasteiger partial charge in [-0.3, -0.25) is 4.79 Å². The van der Waals surface area contributed by atoms with Crippen molar-refractivity contribution >= 4 is 6.29 Å². The van der Waals surface area contributed by atoms with E-state index in [0.29, 0.717) is 5.56 Å². The molecule has 1 nitrogen and oxygen atoms in total. The Hall–Kier alpha value is -1.11. The molecule has 1 aromatic carbocycles. The molecule has 0 saturated heterocycles. The van der Waals surface area contributed by atoms with Crippen LogP contribution in [0.3, 0.4) is 0 Å². The third-order valence-corrected chi connectivity index (χ3v) is 2.09. The van der Waals surface area contributed by atoms with Crippen LogP contribution in [0.2, 0.25) is 0 Å². The van der Waals surface area contributed by atoms with Crippen LogP contribution in [-0.2, 0) is 17.6 Å². The van der Waals surface area contributed by atoms with Crippen molar-refractivity contribution in [1.29, 1.82) is 0 Å². The van der Waals surface area contributed by atoms with Crippen molar-refractivity contribution in [1.82, 2.24) is 0 Å². The Bertz CT molecular complexity index is 276. The molecule has 1 aromatic rings. The monoisotopic (exact) mass is 161 g/mol. The molecule has 0 aliphatic carbocycles. The van der Waals surface area contributed by atoms with Gasteiger partial charge >= 0.3 is 0 Å². The molecule has 1 radical (unpaired) electrons. The fourth-order valence-electron chi connectivity index (χ4n) is 1.36. The van der Waals surface area contributed by atoms with Crippen LogP contribution < -0.4 is 0 Å². The average Bonchev–Trinajstić information content (AvgIpc) is 2.16. The predicted octanol–water partition coefficient (Wildman–Crippen LogP) is 2.27. The van der Waals surface area contributed by atoms with E-state index in [4.69, 9.17) is 0 Å². The van der Waals surface area contributed by atoms with Crippen molar-refractivity contribution in [2.75, 3.05) is 0 Å². The molecular formula is C11H13O. The van der Waals surface area contributed by atoms with Gasteiger partial charge < -0.3 is 0 Å². The normalized spacial score (nSPS) is 9.83. The van der Waals surface area contributed by atoms with E-state index >= 15 is 0 Å². The van der Waals surface area contributed by atoms with Gasteiger partial charge in [0.2, 0.25) is 6.29 Å². The first kappa shape index (κ1) is 8.98. The van der Waals surface area contributed by atoms with Gasteiger partial charge in [-0.1, -0.05) is 26.0 Å². The fourth-order valence-corrected chi connectivity index (χ4v) is 1.36. The largest absolute Gasteiger partial charge is 0.285 e. The predicted molar refractivity (Wildman–Crippen MR) is 50.0 cm³/mol. The number of rotatable bonds is 3. The molecule has 1 heteroatoms. The van der Waals surface area contributed by atoms with E-state index in [1.54, 1.807) is 0 Å². The van der Waals surface area contributed by atoms with Gasteiger partial charge in [0.15, 0.2) is 0 Å². The lowest BCUT2D eigenvalue weighted by molar-refractivity contribution is 0.562. The maximum atomic E-state index is 10.3. The number of hydrogen-bond donors (Lipinski definition) is 0. The maximum absolute atomic E-state index is 10.3. The summed E-state index contributed by atoms with van der Waals surface area (Å²) < 4.78 is 0. The van der Waals surface area contributed by atoms with Crippen molar-refractivity contribution in [3.05, 3.63) is 34.9 Å². The summed E-state index contributed by atoms with van der Waals surface area (Å²) in [5.74, 6) is 0. The molecule has 0 spiro atoms. The first-order valence-electron chi connectivity index (χ1n) is 4.31. The van der Waals surface area contributed by atoms with Crippen molar-refractivity contribution in [2.45, 2.75) is 26.7 Å². The van der Waals surface area contributed by atoms with Crippen molar-refractivity contribution in [3.8, 4) is 0 Å². The molecule has 1 rings (SSSR count). The lowest BCUT2D eigenvalue weighted by atomic mass is 10.0. The van der Waals surface area contributed by atoms with Crippen LogP contribution in [0.5, 0.6) is 0 Å². The third kappa shape index (κ3) is 1.73. The van der Waals surface area contributed by atoms with Crippen molar-refractivity contribution in [2.24, 2.45) is 0 Å². The molecule has 12 heavy (non-hydrogen) atoms. The second-order valence-corrected chi connectivity index (χ2v) is 2.79. The zero-order chi connectivity index (χ0) is 8.97. The van der Waals surface area contributed by atoms with Gasteiger partial charge in [0.05, 0.1) is 0 Å². The minimum atomic E-state index is 0.657. The summed E-state index contributed by atoms with van der Waals surface area (Å²) >= 11 is 0. The van der Waals surface area contributed by atoms with Crippen molar-refractivity contribution < 1.29 is 4.79 Å². The Morgan fingerprint density at radius 2 is 1.83 bits per heavy atom. The maximum Gasteiger partial charge on any atom is 0.233 e. The molecule has 0 unspecified atom stereocenters. The Balaban J connectivity index is 3.10. The molecule has 0 aliphatic rings. The molecule has 0 atom stereocenters. The second-order valence-electron chi connectivity index (χ2n) is 2.79. The molecule has 0 amide bonds. The van der Waals surface area contributed by atoms with Gasteiger partial charge in [-0.25, -0.2) is 0 Å². The van der Waals surface area contributed by atoms with Crippen LogP contribution in [0, 0.1) is 0 Å². The molecule has 0 aromatic heterocycles. The van der Waals surface area contributed by atoms with E-state index in [-0.39, 0.29) is 0 Å².